The Balaban J connectivity index is 2.99. The normalized spacial score (nSPS) is 10.6. The number of aromatic nitrogens is 1. The van der Waals surface area contributed by atoms with Gasteiger partial charge in [0.15, 0.2) is 5.89 Å². The summed E-state index contributed by atoms with van der Waals surface area (Å²) in [6, 6.07) is -0.219. The SMILES string of the molecule is Cc1nc(C)c(C(=O)N(CC(=O)O)C(C)C)o1. The first kappa shape index (κ1) is 13.2. The molecule has 0 atom stereocenters. The third-order valence-electron chi connectivity index (χ3n) is 2.29. The molecule has 0 spiro atoms. The van der Waals surface area contributed by atoms with Crippen LogP contribution in [-0.2, 0) is 4.79 Å². The van der Waals surface area contributed by atoms with Gasteiger partial charge >= 0.3 is 5.97 Å². The molecule has 1 aromatic rings. The second kappa shape index (κ2) is 4.99. The van der Waals surface area contributed by atoms with Crippen LogP contribution in [-0.4, -0.2) is 39.5 Å². The molecule has 0 aliphatic heterocycles. The summed E-state index contributed by atoms with van der Waals surface area (Å²) < 4.78 is 5.19. The maximum Gasteiger partial charge on any atom is 0.323 e. The lowest BCUT2D eigenvalue weighted by molar-refractivity contribution is -0.138. The van der Waals surface area contributed by atoms with Crippen LogP contribution in [0.4, 0.5) is 0 Å². The lowest BCUT2D eigenvalue weighted by Crippen LogP contribution is -2.40. The van der Waals surface area contributed by atoms with Gasteiger partial charge in [-0.25, -0.2) is 4.98 Å². The molecule has 0 radical (unpaired) electrons. The van der Waals surface area contributed by atoms with Gasteiger partial charge in [0.05, 0.1) is 5.69 Å². The van der Waals surface area contributed by atoms with E-state index in [1.165, 1.54) is 4.90 Å². The van der Waals surface area contributed by atoms with Gasteiger partial charge in [-0.2, -0.15) is 0 Å². The van der Waals surface area contributed by atoms with Crippen LogP contribution in [0.5, 0.6) is 0 Å². The third-order valence-corrected chi connectivity index (χ3v) is 2.29. The van der Waals surface area contributed by atoms with E-state index in [0.29, 0.717) is 11.6 Å². The Morgan fingerprint density at radius 3 is 2.35 bits per heavy atom. The minimum Gasteiger partial charge on any atom is -0.480 e. The number of hydrogen-bond acceptors (Lipinski definition) is 4. The minimum atomic E-state index is -1.05. The molecule has 0 aromatic carbocycles. The number of carbonyl (C=O) groups is 2. The zero-order valence-electron chi connectivity index (χ0n) is 10.4. The molecular weight excluding hydrogens is 224 g/mol. The second-order valence-electron chi connectivity index (χ2n) is 4.07. The van der Waals surface area contributed by atoms with Crippen molar-refractivity contribution in [2.45, 2.75) is 33.7 Å². The molecule has 6 nitrogen and oxygen atoms in total. The fourth-order valence-corrected chi connectivity index (χ4v) is 1.49. The predicted molar refractivity (Wildman–Crippen MR) is 59.8 cm³/mol. The molecule has 0 aliphatic rings. The molecule has 0 bridgehead atoms. The first-order valence-corrected chi connectivity index (χ1v) is 5.29. The smallest absolute Gasteiger partial charge is 0.323 e. The van der Waals surface area contributed by atoms with Crippen molar-refractivity contribution in [3.63, 3.8) is 0 Å². The van der Waals surface area contributed by atoms with Crippen LogP contribution in [0, 0.1) is 13.8 Å². The number of carboxylic acid groups (broad SMARTS) is 1. The molecule has 0 aliphatic carbocycles. The summed E-state index contributed by atoms with van der Waals surface area (Å²) in [5, 5.41) is 8.76. The van der Waals surface area contributed by atoms with E-state index >= 15 is 0 Å². The molecular formula is C11H16N2O4. The van der Waals surface area contributed by atoms with Crippen molar-refractivity contribution in [2.24, 2.45) is 0 Å². The number of hydrogen-bond donors (Lipinski definition) is 1. The fraction of sp³-hybridized carbons (Fsp3) is 0.545. The maximum atomic E-state index is 12.1. The van der Waals surface area contributed by atoms with Crippen molar-refractivity contribution < 1.29 is 19.1 Å². The summed E-state index contributed by atoms with van der Waals surface area (Å²) in [7, 11) is 0. The molecule has 0 unspecified atom stereocenters. The highest BCUT2D eigenvalue weighted by Crippen LogP contribution is 2.14. The van der Waals surface area contributed by atoms with E-state index in [4.69, 9.17) is 9.52 Å². The van der Waals surface area contributed by atoms with Gasteiger partial charge in [-0.05, 0) is 20.8 Å². The second-order valence-corrected chi connectivity index (χ2v) is 4.07. The van der Waals surface area contributed by atoms with E-state index in [2.05, 4.69) is 4.98 Å². The van der Waals surface area contributed by atoms with Gasteiger partial charge in [-0.15, -0.1) is 0 Å². The van der Waals surface area contributed by atoms with Crippen LogP contribution >= 0.6 is 0 Å². The van der Waals surface area contributed by atoms with E-state index in [9.17, 15) is 9.59 Å². The Hall–Kier alpha value is -1.85. The number of amides is 1. The summed E-state index contributed by atoms with van der Waals surface area (Å²) in [6.45, 7) is 6.44. The molecule has 17 heavy (non-hydrogen) atoms. The fourth-order valence-electron chi connectivity index (χ4n) is 1.49. The van der Waals surface area contributed by atoms with Gasteiger partial charge in [0.2, 0.25) is 5.76 Å². The van der Waals surface area contributed by atoms with Crippen molar-refractivity contribution in [2.75, 3.05) is 6.54 Å². The standard InChI is InChI=1S/C11H16N2O4/c1-6(2)13(5-9(14)15)11(16)10-7(3)12-8(4)17-10/h6H,5H2,1-4H3,(H,14,15). The quantitative estimate of drug-likeness (QED) is 0.855. The van der Waals surface area contributed by atoms with E-state index in [1.807, 2.05) is 0 Å². The molecule has 94 valence electrons. The van der Waals surface area contributed by atoms with E-state index in [0.717, 1.165) is 0 Å². The lowest BCUT2D eigenvalue weighted by Gasteiger charge is -2.23. The lowest BCUT2D eigenvalue weighted by atomic mass is 10.2. The Bertz CT molecular complexity index is 437. The van der Waals surface area contributed by atoms with Gasteiger partial charge in [-0.3, -0.25) is 9.59 Å². The Morgan fingerprint density at radius 2 is 2.00 bits per heavy atom. The van der Waals surface area contributed by atoms with Gasteiger partial charge in [0.1, 0.15) is 6.54 Å². The van der Waals surface area contributed by atoms with Crippen LogP contribution in [0.15, 0.2) is 4.42 Å². The van der Waals surface area contributed by atoms with Crippen molar-refractivity contribution >= 4 is 11.9 Å². The average molecular weight is 240 g/mol. The number of carboxylic acids is 1. The van der Waals surface area contributed by atoms with Crippen LogP contribution in [0.3, 0.4) is 0 Å². The van der Waals surface area contributed by atoms with Crippen molar-refractivity contribution in [3.8, 4) is 0 Å². The van der Waals surface area contributed by atoms with E-state index in [1.54, 1.807) is 27.7 Å². The molecule has 1 rings (SSSR count). The number of carbonyl (C=O) groups excluding carboxylic acids is 1. The Kier molecular flexibility index (Phi) is 3.88. The Morgan fingerprint density at radius 1 is 1.41 bits per heavy atom. The van der Waals surface area contributed by atoms with Gasteiger partial charge in [0, 0.05) is 13.0 Å². The summed E-state index contributed by atoms with van der Waals surface area (Å²) in [4.78, 5) is 28.0. The molecule has 1 amide bonds. The average Bonchev–Trinajstić information content (AvgIpc) is 2.52. The zero-order valence-corrected chi connectivity index (χ0v) is 10.4. The summed E-state index contributed by atoms with van der Waals surface area (Å²) in [5.74, 6) is -0.997. The van der Waals surface area contributed by atoms with Gasteiger partial charge in [0.25, 0.3) is 5.91 Å². The molecule has 1 heterocycles. The largest absolute Gasteiger partial charge is 0.480 e. The van der Waals surface area contributed by atoms with E-state index in [-0.39, 0.29) is 18.3 Å². The van der Waals surface area contributed by atoms with E-state index < -0.39 is 11.9 Å². The molecule has 1 aromatic heterocycles. The minimum absolute atomic E-state index is 0.109. The van der Waals surface area contributed by atoms with Gasteiger partial charge in [-0.1, -0.05) is 0 Å². The molecule has 6 heteroatoms. The zero-order chi connectivity index (χ0) is 13.2. The van der Waals surface area contributed by atoms with Crippen LogP contribution in [0.1, 0.15) is 36.0 Å². The maximum absolute atomic E-state index is 12.1. The molecule has 0 fully saturated rings. The summed E-state index contributed by atoms with van der Waals surface area (Å²) in [6.07, 6.45) is 0. The molecule has 1 N–H and O–H groups in total. The highest BCUT2D eigenvalue weighted by Gasteiger charge is 2.26. The third kappa shape index (κ3) is 3.05. The predicted octanol–water partition coefficient (Wildman–Crippen LogP) is 1.23. The molecule has 0 saturated heterocycles. The van der Waals surface area contributed by atoms with Crippen molar-refractivity contribution in [1.82, 2.24) is 9.88 Å². The van der Waals surface area contributed by atoms with Crippen molar-refractivity contribution in [3.05, 3.63) is 17.3 Å². The topological polar surface area (TPSA) is 83.6 Å². The number of aryl methyl sites for hydroxylation is 2. The first-order chi connectivity index (χ1) is 7.82. The highest BCUT2D eigenvalue weighted by molar-refractivity contribution is 5.94. The summed E-state index contributed by atoms with van der Waals surface area (Å²) >= 11 is 0. The monoisotopic (exact) mass is 240 g/mol. The Labute approximate surface area is 99.2 Å². The van der Waals surface area contributed by atoms with Crippen LogP contribution < -0.4 is 0 Å². The number of oxazole rings is 1. The number of rotatable bonds is 4. The summed E-state index contributed by atoms with van der Waals surface area (Å²) in [5.41, 5.74) is 0.475. The van der Waals surface area contributed by atoms with Gasteiger partial charge < -0.3 is 14.4 Å². The van der Waals surface area contributed by atoms with Crippen molar-refractivity contribution in [1.29, 1.82) is 0 Å². The number of aliphatic carboxylic acids is 1. The highest BCUT2D eigenvalue weighted by atomic mass is 16.4. The number of nitrogens with zero attached hydrogens (tertiary/aromatic N) is 2. The first-order valence-electron chi connectivity index (χ1n) is 5.29. The molecule has 0 saturated carbocycles. The van der Waals surface area contributed by atoms with Crippen LogP contribution in [0.2, 0.25) is 0 Å². The van der Waals surface area contributed by atoms with Crippen LogP contribution in [0.25, 0.3) is 0 Å².